The second-order valence-corrected chi connectivity index (χ2v) is 3.03. The second-order valence-electron chi connectivity index (χ2n) is 2.59. The lowest BCUT2D eigenvalue weighted by molar-refractivity contribution is -0.0504. The summed E-state index contributed by atoms with van der Waals surface area (Å²) in [6.07, 6.45) is 0. The van der Waals surface area contributed by atoms with Gasteiger partial charge >= 0.3 is 6.61 Å². The molecule has 0 spiro atoms. The van der Waals surface area contributed by atoms with Gasteiger partial charge in [-0.25, -0.2) is 0 Å². The molecule has 0 aromatic heterocycles. The van der Waals surface area contributed by atoms with Crippen LogP contribution in [0.25, 0.3) is 0 Å². The molecule has 0 unspecified atom stereocenters. The smallest absolute Gasteiger partial charge is 0.387 e. The summed E-state index contributed by atoms with van der Waals surface area (Å²) < 4.78 is 28.1. The van der Waals surface area contributed by atoms with Crippen molar-refractivity contribution in [3.05, 3.63) is 28.3 Å². The van der Waals surface area contributed by atoms with E-state index in [-0.39, 0.29) is 11.3 Å². The molecule has 0 saturated heterocycles. The van der Waals surface area contributed by atoms with Gasteiger partial charge in [0.1, 0.15) is 11.8 Å². The number of nitriles is 1. The van der Waals surface area contributed by atoms with Crippen molar-refractivity contribution in [3.63, 3.8) is 0 Å². The normalized spacial score (nSPS) is 10.0. The Morgan fingerprint density at radius 2 is 2.14 bits per heavy atom. The van der Waals surface area contributed by atoms with E-state index in [0.29, 0.717) is 10.6 Å². The largest absolute Gasteiger partial charge is 0.433 e. The van der Waals surface area contributed by atoms with Gasteiger partial charge in [-0.05, 0) is 24.6 Å². The molecule has 0 aliphatic rings. The summed E-state index contributed by atoms with van der Waals surface area (Å²) in [7, 11) is 0. The minimum absolute atomic E-state index is 0.00954. The maximum Gasteiger partial charge on any atom is 0.387 e. The van der Waals surface area contributed by atoms with Gasteiger partial charge in [-0.1, -0.05) is 11.6 Å². The van der Waals surface area contributed by atoms with E-state index in [1.807, 2.05) is 0 Å². The monoisotopic (exact) mass is 217 g/mol. The lowest BCUT2D eigenvalue weighted by Gasteiger charge is -2.09. The van der Waals surface area contributed by atoms with Gasteiger partial charge in [0.15, 0.2) is 0 Å². The topological polar surface area (TPSA) is 33.0 Å². The van der Waals surface area contributed by atoms with Crippen LogP contribution in [0.5, 0.6) is 5.75 Å². The van der Waals surface area contributed by atoms with E-state index in [9.17, 15) is 8.78 Å². The average molecular weight is 218 g/mol. The molecule has 0 heterocycles. The first-order chi connectivity index (χ1) is 6.54. The van der Waals surface area contributed by atoms with Crippen LogP contribution in [0, 0.1) is 18.3 Å². The summed E-state index contributed by atoms with van der Waals surface area (Å²) in [6, 6.07) is 4.48. The first kappa shape index (κ1) is 10.7. The number of alkyl halides is 2. The molecule has 0 radical (unpaired) electrons. The third-order valence-electron chi connectivity index (χ3n) is 1.57. The number of ether oxygens (including phenoxy) is 1. The minimum Gasteiger partial charge on any atom is -0.433 e. The fourth-order valence-electron chi connectivity index (χ4n) is 1.06. The molecule has 0 amide bonds. The number of hydrogen-bond donors (Lipinski definition) is 0. The zero-order valence-corrected chi connectivity index (χ0v) is 7.98. The summed E-state index contributed by atoms with van der Waals surface area (Å²) in [4.78, 5) is 0. The maximum atomic E-state index is 12.0. The summed E-state index contributed by atoms with van der Waals surface area (Å²) in [6.45, 7) is -1.40. The fourth-order valence-corrected chi connectivity index (χ4v) is 1.33. The first-order valence-corrected chi connectivity index (χ1v) is 4.07. The Morgan fingerprint density at radius 3 is 2.64 bits per heavy atom. The number of benzene rings is 1. The van der Waals surface area contributed by atoms with Crippen molar-refractivity contribution in [1.29, 1.82) is 5.26 Å². The quantitative estimate of drug-likeness (QED) is 0.763. The zero-order chi connectivity index (χ0) is 10.7. The van der Waals surface area contributed by atoms with Gasteiger partial charge in [0, 0.05) is 5.02 Å². The van der Waals surface area contributed by atoms with Crippen LogP contribution in [-0.2, 0) is 0 Å². The molecular weight excluding hydrogens is 212 g/mol. The van der Waals surface area contributed by atoms with Crippen LogP contribution in [-0.4, -0.2) is 6.61 Å². The molecule has 0 aliphatic heterocycles. The van der Waals surface area contributed by atoms with Gasteiger partial charge < -0.3 is 4.74 Å². The summed E-state index contributed by atoms with van der Waals surface area (Å²) >= 11 is 5.64. The molecule has 0 fully saturated rings. The van der Waals surface area contributed by atoms with Crippen LogP contribution in [0.1, 0.15) is 11.1 Å². The highest BCUT2D eigenvalue weighted by Crippen LogP contribution is 2.28. The molecule has 1 aromatic carbocycles. The molecule has 5 heteroatoms. The van der Waals surface area contributed by atoms with Crippen LogP contribution in [0.15, 0.2) is 12.1 Å². The number of nitrogens with zero attached hydrogens (tertiary/aromatic N) is 1. The van der Waals surface area contributed by atoms with Crippen molar-refractivity contribution in [1.82, 2.24) is 0 Å². The van der Waals surface area contributed by atoms with E-state index >= 15 is 0 Å². The Morgan fingerprint density at radius 1 is 1.50 bits per heavy atom. The molecule has 0 N–H and O–H groups in total. The van der Waals surface area contributed by atoms with E-state index in [4.69, 9.17) is 16.9 Å². The van der Waals surface area contributed by atoms with E-state index in [1.165, 1.54) is 12.1 Å². The first-order valence-electron chi connectivity index (χ1n) is 3.69. The van der Waals surface area contributed by atoms with Crippen molar-refractivity contribution < 1.29 is 13.5 Å². The molecule has 14 heavy (non-hydrogen) atoms. The molecule has 1 rings (SSSR count). The third-order valence-corrected chi connectivity index (χ3v) is 1.79. The lowest BCUT2D eigenvalue weighted by Crippen LogP contribution is -2.05. The molecule has 0 atom stereocenters. The minimum atomic E-state index is -2.94. The van der Waals surface area contributed by atoms with E-state index in [0.717, 1.165) is 0 Å². The van der Waals surface area contributed by atoms with Gasteiger partial charge in [-0.3, -0.25) is 0 Å². The molecule has 0 saturated carbocycles. The highest BCUT2D eigenvalue weighted by Gasteiger charge is 2.13. The molecule has 2 nitrogen and oxygen atoms in total. The highest BCUT2D eigenvalue weighted by atomic mass is 35.5. The van der Waals surface area contributed by atoms with Crippen molar-refractivity contribution in [2.45, 2.75) is 13.5 Å². The Balaban J connectivity index is 3.20. The SMILES string of the molecule is Cc1cc(Cl)cc(C#N)c1OC(F)F. The fraction of sp³-hybridized carbons (Fsp3) is 0.222. The number of aryl methyl sites for hydroxylation is 1. The van der Waals surface area contributed by atoms with Crippen LogP contribution in [0.2, 0.25) is 5.02 Å². The predicted molar refractivity (Wildman–Crippen MR) is 47.5 cm³/mol. The predicted octanol–water partition coefficient (Wildman–Crippen LogP) is 3.12. The third kappa shape index (κ3) is 2.33. The summed E-state index contributed by atoms with van der Waals surface area (Å²) in [5.74, 6) is -0.119. The second kappa shape index (κ2) is 4.25. The molecule has 1 aromatic rings. The van der Waals surface area contributed by atoms with E-state index < -0.39 is 6.61 Å². The van der Waals surface area contributed by atoms with Gasteiger partial charge in [0.2, 0.25) is 0 Å². The van der Waals surface area contributed by atoms with Gasteiger partial charge in [-0.15, -0.1) is 0 Å². The standard InChI is InChI=1S/C9H6ClF2NO/c1-5-2-7(10)3-6(4-13)8(5)14-9(11)12/h2-3,9H,1H3. The van der Waals surface area contributed by atoms with E-state index in [1.54, 1.807) is 13.0 Å². The summed E-state index contributed by atoms with van der Waals surface area (Å²) in [5, 5.41) is 8.97. The Hall–Kier alpha value is -1.34. The highest BCUT2D eigenvalue weighted by molar-refractivity contribution is 6.30. The Kier molecular flexibility index (Phi) is 3.26. The number of rotatable bonds is 2. The molecule has 0 bridgehead atoms. The van der Waals surface area contributed by atoms with Gasteiger partial charge in [-0.2, -0.15) is 14.0 Å². The van der Waals surface area contributed by atoms with Gasteiger partial charge in [0.25, 0.3) is 0 Å². The van der Waals surface area contributed by atoms with Crippen molar-refractivity contribution in [2.24, 2.45) is 0 Å². The van der Waals surface area contributed by atoms with Crippen molar-refractivity contribution >= 4 is 11.6 Å². The Labute approximate surface area is 84.7 Å². The zero-order valence-electron chi connectivity index (χ0n) is 7.22. The molecular formula is C9H6ClF2NO. The molecule has 74 valence electrons. The van der Waals surface area contributed by atoms with Crippen LogP contribution in [0.4, 0.5) is 8.78 Å². The molecule has 0 aliphatic carbocycles. The maximum absolute atomic E-state index is 12.0. The number of hydrogen-bond acceptors (Lipinski definition) is 2. The average Bonchev–Trinajstić information content (AvgIpc) is 2.08. The number of halogens is 3. The van der Waals surface area contributed by atoms with Crippen molar-refractivity contribution in [2.75, 3.05) is 0 Å². The van der Waals surface area contributed by atoms with Gasteiger partial charge in [0.05, 0.1) is 5.56 Å². The van der Waals surface area contributed by atoms with Crippen LogP contribution < -0.4 is 4.74 Å². The van der Waals surface area contributed by atoms with Crippen molar-refractivity contribution in [3.8, 4) is 11.8 Å². The van der Waals surface area contributed by atoms with E-state index in [2.05, 4.69) is 4.74 Å². The Bertz CT molecular complexity index is 387. The van der Waals surface area contributed by atoms with Crippen LogP contribution in [0.3, 0.4) is 0 Å². The lowest BCUT2D eigenvalue weighted by atomic mass is 10.1. The van der Waals surface area contributed by atoms with Crippen LogP contribution >= 0.6 is 11.6 Å². The summed E-state index contributed by atoms with van der Waals surface area (Å²) in [5.41, 5.74) is 0.421.